The number of fused-ring (bicyclic) bond motifs is 1. The van der Waals surface area contributed by atoms with Crippen LogP contribution in [-0.2, 0) is 9.59 Å². The highest BCUT2D eigenvalue weighted by molar-refractivity contribution is 6.39. The highest BCUT2D eigenvalue weighted by Gasteiger charge is 2.48. The number of hydrogen-bond donors (Lipinski definition) is 3. The van der Waals surface area contributed by atoms with E-state index in [9.17, 15) is 19.5 Å². The molecular formula is C16H17Cl2N3O4. The van der Waals surface area contributed by atoms with Crippen molar-refractivity contribution in [3.8, 4) is 0 Å². The molecule has 0 aromatic heterocycles. The van der Waals surface area contributed by atoms with Gasteiger partial charge in [-0.1, -0.05) is 29.3 Å². The first-order chi connectivity index (χ1) is 11.8. The molecule has 2 fully saturated rings. The summed E-state index contributed by atoms with van der Waals surface area (Å²) < 4.78 is 0. The van der Waals surface area contributed by atoms with E-state index in [4.69, 9.17) is 23.2 Å². The molecule has 0 spiro atoms. The summed E-state index contributed by atoms with van der Waals surface area (Å²) in [4.78, 5) is 38.4. The van der Waals surface area contributed by atoms with Gasteiger partial charge in [0.05, 0.1) is 21.7 Å². The Bertz CT molecular complexity index is 720. The first kappa shape index (κ1) is 18.0. The number of carbonyl (C=O) groups excluding carboxylic acids is 3. The SMILES string of the molecule is C[C@H](O)[C@H]1NC(=O)[C@@H]2C[C@H](NC(=O)c3c(Cl)cccc3Cl)CN2C1=O. The van der Waals surface area contributed by atoms with Crippen molar-refractivity contribution in [2.45, 2.75) is 37.6 Å². The van der Waals surface area contributed by atoms with E-state index < -0.39 is 30.1 Å². The largest absolute Gasteiger partial charge is 0.391 e. The van der Waals surface area contributed by atoms with E-state index in [1.54, 1.807) is 18.2 Å². The van der Waals surface area contributed by atoms with Gasteiger partial charge in [-0.05, 0) is 25.5 Å². The fourth-order valence-corrected chi connectivity index (χ4v) is 3.79. The zero-order chi connectivity index (χ0) is 18.3. The van der Waals surface area contributed by atoms with Crippen LogP contribution in [0.2, 0.25) is 10.0 Å². The maximum atomic E-state index is 12.5. The van der Waals surface area contributed by atoms with E-state index in [0.717, 1.165) is 0 Å². The van der Waals surface area contributed by atoms with Crippen LogP contribution in [0.3, 0.4) is 0 Å². The molecule has 134 valence electrons. The van der Waals surface area contributed by atoms with Crippen molar-refractivity contribution < 1.29 is 19.5 Å². The van der Waals surface area contributed by atoms with Crippen molar-refractivity contribution in [1.29, 1.82) is 0 Å². The summed E-state index contributed by atoms with van der Waals surface area (Å²) in [7, 11) is 0. The second-order valence-electron chi connectivity index (χ2n) is 6.24. The fourth-order valence-electron chi connectivity index (χ4n) is 3.22. The quantitative estimate of drug-likeness (QED) is 0.708. The third-order valence-corrected chi connectivity index (χ3v) is 5.09. The van der Waals surface area contributed by atoms with Gasteiger partial charge in [-0.25, -0.2) is 0 Å². The van der Waals surface area contributed by atoms with Gasteiger partial charge < -0.3 is 20.6 Å². The molecule has 7 nitrogen and oxygen atoms in total. The lowest BCUT2D eigenvalue weighted by Gasteiger charge is -2.35. The van der Waals surface area contributed by atoms with E-state index in [2.05, 4.69) is 10.6 Å². The third-order valence-electron chi connectivity index (χ3n) is 4.46. The summed E-state index contributed by atoms with van der Waals surface area (Å²) in [5.41, 5.74) is 0.161. The number of amides is 3. The van der Waals surface area contributed by atoms with Crippen molar-refractivity contribution in [2.75, 3.05) is 6.54 Å². The van der Waals surface area contributed by atoms with Crippen LogP contribution in [0.4, 0.5) is 0 Å². The molecule has 1 aromatic carbocycles. The minimum atomic E-state index is -0.993. The van der Waals surface area contributed by atoms with Gasteiger partial charge in [-0.2, -0.15) is 0 Å². The molecule has 3 N–H and O–H groups in total. The number of aliphatic hydroxyl groups excluding tert-OH is 1. The maximum absolute atomic E-state index is 12.5. The second-order valence-corrected chi connectivity index (χ2v) is 7.05. The van der Waals surface area contributed by atoms with Gasteiger partial charge in [-0.15, -0.1) is 0 Å². The first-order valence-electron chi connectivity index (χ1n) is 7.83. The van der Waals surface area contributed by atoms with Gasteiger partial charge in [0.2, 0.25) is 11.8 Å². The van der Waals surface area contributed by atoms with E-state index in [-0.39, 0.29) is 40.4 Å². The highest BCUT2D eigenvalue weighted by Crippen LogP contribution is 2.27. The molecule has 0 unspecified atom stereocenters. The van der Waals surface area contributed by atoms with Crippen LogP contribution in [0.1, 0.15) is 23.7 Å². The van der Waals surface area contributed by atoms with Crippen molar-refractivity contribution in [3.63, 3.8) is 0 Å². The van der Waals surface area contributed by atoms with E-state index in [1.165, 1.54) is 11.8 Å². The molecule has 2 saturated heterocycles. The molecule has 2 aliphatic rings. The van der Waals surface area contributed by atoms with Crippen LogP contribution in [0.15, 0.2) is 18.2 Å². The Morgan fingerprint density at radius 2 is 2.00 bits per heavy atom. The predicted octanol–water partition coefficient (Wildman–Crippen LogP) is 0.572. The van der Waals surface area contributed by atoms with Gasteiger partial charge in [0, 0.05) is 12.6 Å². The third kappa shape index (κ3) is 3.31. The molecule has 0 bridgehead atoms. The van der Waals surface area contributed by atoms with Crippen molar-refractivity contribution >= 4 is 40.9 Å². The number of aliphatic hydroxyl groups is 1. The van der Waals surface area contributed by atoms with Crippen LogP contribution in [0.25, 0.3) is 0 Å². The van der Waals surface area contributed by atoms with Crippen LogP contribution in [0.5, 0.6) is 0 Å². The molecule has 0 saturated carbocycles. The Morgan fingerprint density at radius 1 is 1.36 bits per heavy atom. The summed E-state index contributed by atoms with van der Waals surface area (Å²) >= 11 is 12.1. The molecule has 0 radical (unpaired) electrons. The average Bonchev–Trinajstić information content (AvgIpc) is 2.95. The van der Waals surface area contributed by atoms with Gasteiger partial charge >= 0.3 is 0 Å². The van der Waals surface area contributed by atoms with E-state index in [1.807, 2.05) is 0 Å². The lowest BCUT2D eigenvalue weighted by atomic mass is 10.0. The minimum absolute atomic E-state index is 0.161. The van der Waals surface area contributed by atoms with Crippen molar-refractivity contribution in [1.82, 2.24) is 15.5 Å². The number of halogens is 2. The zero-order valence-electron chi connectivity index (χ0n) is 13.3. The lowest BCUT2D eigenvalue weighted by molar-refractivity contribution is -0.149. The topological polar surface area (TPSA) is 98.7 Å². The summed E-state index contributed by atoms with van der Waals surface area (Å²) in [6.07, 6.45) is -0.703. The Morgan fingerprint density at radius 3 is 2.60 bits per heavy atom. The highest BCUT2D eigenvalue weighted by atomic mass is 35.5. The Balaban J connectivity index is 1.74. The van der Waals surface area contributed by atoms with E-state index >= 15 is 0 Å². The molecule has 2 heterocycles. The lowest BCUT2D eigenvalue weighted by Crippen LogP contribution is -2.64. The van der Waals surface area contributed by atoms with Gasteiger partial charge in [0.1, 0.15) is 12.1 Å². The number of nitrogens with zero attached hydrogens (tertiary/aromatic N) is 1. The smallest absolute Gasteiger partial charge is 0.254 e. The first-order valence-corrected chi connectivity index (χ1v) is 8.59. The molecule has 9 heteroatoms. The Hall–Kier alpha value is -1.83. The van der Waals surface area contributed by atoms with E-state index in [0.29, 0.717) is 0 Å². The predicted molar refractivity (Wildman–Crippen MR) is 91.4 cm³/mol. The summed E-state index contributed by atoms with van der Waals surface area (Å²) in [5.74, 6) is -1.15. The summed E-state index contributed by atoms with van der Waals surface area (Å²) in [5, 5.41) is 15.4. The fraction of sp³-hybridized carbons (Fsp3) is 0.438. The maximum Gasteiger partial charge on any atom is 0.254 e. The molecule has 4 atom stereocenters. The Labute approximate surface area is 154 Å². The van der Waals surface area contributed by atoms with Crippen molar-refractivity contribution in [2.24, 2.45) is 0 Å². The normalized spacial score (nSPS) is 26.9. The minimum Gasteiger partial charge on any atom is -0.391 e. The molecule has 3 amide bonds. The van der Waals surface area contributed by atoms with Crippen LogP contribution in [0, 0.1) is 0 Å². The molecule has 2 aliphatic heterocycles. The van der Waals surface area contributed by atoms with Gasteiger partial charge in [-0.3, -0.25) is 14.4 Å². The molecular weight excluding hydrogens is 369 g/mol. The van der Waals surface area contributed by atoms with Crippen LogP contribution >= 0.6 is 23.2 Å². The van der Waals surface area contributed by atoms with Gasteiger partial charge in [0.25, 0.3) is 5.91 Å². The van der Waals surface area contributed by atoms with Crippen LogP contribution in [-0.4, -0.2) is 58.5 Å². The zero-order valence-corrected chi connectivity index (χ0v) is 14.8. The van der Waals surface area contributed by atoms with Gasteiger partial charge in [0.15, 0.2) is 0 Å². The molecule has 0 aliphatic carbocycles. The standard InChI is InChI=1S/C16H17Cl2N3O4/c1-7(22)13-16(25)21-6-8(5-11(21)14(23)20-13)19-15(24)12-9(17)3-2-4-10(12)18/h2-4,7-8,11,13,22H,5-6H2,1H3,(H,19,24)(H,20,23)/t7-,8-,11-,13+/m0/s1. The number of rotatable bonds is 3. The molecule has 3 rings (SSSR count). The molecule has 1 aromatic rings. The number of benzene rings is 1. The molecule has 25 heavy (non-hydrogen) atoms. The van der Waals surface area contributed by atoms with Crippen LogP contribution < -0.4 is 10.6 Å². The Kier molecular flexibility index (Phi) is 4.90. The average molecular weight is 386 g/mol. The second kappa shape index (κ2) is 6.82. The van der Waals surface area contributed by atoms with Crippen molar-refractivity contribution in [3.05, 3.63) is 33.8 Å². The number of piperazine rings is 1. The summed E-state index contributed by atoms with van der Waals surface area (Å²) in [6, 6.07) is 2.73. The number of nitrogens with one attached hydrogen (secondary N) is 2. The number of carbonyl (C=O) groups is 3. The monoisotopic (exact) mass is 385 g/mol. The summed E-state index contributed by atoms with van der Waals surface area (Å²) in [6.45, 7) is 1.63. The number of hydrogen-bond acceptors (Lipinski definition) is 4.